The van der Waals surface area contributed by atoms with Gasteiger partial charge in [-0.25, -0.2) is 0 Å². The summed E-state index contributed by atoms with van der Waals surface area (Å²) < 4.78 is 10.9. The van der Waals surface area contributed by atoms with E-state index < -0.39 is 6.10 Å². The van der Waals surface area contributed by atoms with E-state index in [-0.39, 0.29) is 24.7 Å². The third kappa shape index (κ3) is 2.80. The standard InChI is InChI=1S/C14H19NO5/c1-2-3-4-11(15-18)10-5-6-12-14(13(10)17)20-9(7-16)8-19-12/h5-6,9,16-18H,2-4,7-8H2,1H3. The van der Waals surface area contributed by atoms with Crippen molar-refractivity contribution in [3.63, 3.8) is 0 Å². The van der Waals surface area contributed by atoms with E-state index in [9.17, 15) is 5.11 Å². The predicted octanol–water partition coefficient (Wildman–Crippen LogP) is 1.89. The van der Waals surface area contributed by atoms with Crippen molar-refractivity contribution in [1.82, 2.24) is 0 Å². The van der Waals surface area contributed by atoms with Gasteiger partial charge in [0.2, 0.25) is 5.75 Å². The summed E-state index contributed by atoms with van der Waals surface area (Å²) >= 11 is 0. The fourth-order valence-electron chi connectivity index (χ4n) is 2.07. The summed E-state index contributed by atoms with van der Waals surface area (Å²) in [5.74, 6) is 0.485. The molecule has 0 radical (unpaired) electrons. The number of rotatable bonds is 5. The highest BCUT2D eigenvalue weighted by molar-refractivity contribution is 6.03. The van der Waals surface area contributed by atoms with Crippen LogP contribution in [-0.2, 0) is 0 Å². The number of phenols is 1. The van der Waals surface area contributed by atoms with Crippen molar-refractivity contribution in [2.75, 3.05) is 13.2 Å². The molecule has 1 heterocycles. The highest BCUT2D eigenvalue weighted by Crippen LogP contribution is 2.42. The van der Waals surface area contributed by atoms with Crippen molar-refractivity contribution in [3.05, 3.63) is 17.7 Å². The van der Waals surface area contributed by atoms with Crippen molar-refractivity contribution in [3.8, 4) is 17.2 Å². The van der Waals surface area contributed by atoms with E-state index in [4.69, 9.17) is 19.8 Å². The third-order valence-corrected chi connectivity index (χ3v) is 3.21. The fourth-order valence-corrected chi connectivity index (χ4v) is 2.07. The van der Waals surface area contributed by atoms with Crippen LogP contribution in [0.15, 0.2) is 17.3 Å². The Labute approximate surface area is 117 Å². The van der Waals surface area contributed by atoms with Crippen LogP contribution in [0, 0.1) is 0 Å². The Kier molecular flexibility index (Phi) is 4.68. The van der Waals surface area contributed by atoms with E-state index in [0.717, 1.165) is 12.8 Å². The largest absolute Gasteiger partial charge is 0.504 e. The van der Waals surface area contributed by atoms with Crippen molar-refractivity contribution in [2.45, 2.75) is 32.3 Å². The number of ether oxygens (including phenoxy) is 2. The molecule has 0 amide bonds. The summed E-state index contributed by atoms with van der Waals surface area (Å²) in [6, 6.07) is 3.30. The molecule has 3 N–H and O–H groups in total. The van der Waals surface area contributed by atoms with Gasteiger partial charge in [0, 0.05) is 5.56 Å². The van der Waals surface area contributed by atoms with Crippen molar-refractivity contribution < 1.29 is 24.9 Å². The lowest BCUT2D eigenvalue weighted by molar-refractivity contribution is 0.0431. The van der Waals surface area contributed by atoms with E-state index in [1.54, 1.807) is 12.1 Å². The highest BCUT2D eigenvalue weighted by atomic mass is 16.6. The monoisotopic (exact) mass is 281 g/mol. The number of oxime groups is 1. The Balaban J connectivity index is 2.32. The van der Waals surface area contributed by atoms with Crippen LogP contribution >= 0.6 is 0 Å². The Bertz CT molecular complexity index is 501. The second-order valence-corrected chi connectivity index (χ2v) is 4.67. The molecule has 1 aromatic rings. The molecule has 0 saturated carbocycles. The van der Waals surface area contributed by atoms with Gasteiger partial charge in [-0.1, -0.05) is 18.5 Å². The lowest BCUT2D eigenvalue weighted by Gasteiger charge is -2.26. The minimum Gasteiger partial charge on any atom is -0.504 e. The van der Waals surface area contributed by atoms with E-state index in [0.29, 0.717) is 23.4 Å². The van der Waals surface area contributed by atoms with E-state index in [1.165, 1.54) is 0 Å². The molecule has 0 saturated heterocycles. The number of aliphatic hydroxyl groups excluding tert-OH is 1. The quantitative estimate of drug-likeness (QED) is 0.435. The molecular formula is C14H19NO5. The van der Waals surface area contributed by atoms with Crippen LogP contribution in [0.4, 0.5) is 0 Å². The molecule has 110 valence electrons. The SMILES string of the molecule is CCCCC(=NO)c1ccc2c(c1O)OC(CO)CO2. The smallest absolute Gasteiger partial charge is 0.204 e. The first-order valence-corrected chi connectivity index (χ1v) is 6.68. The number of hydrogen-bond acceptors (Lipinski definition) is 6. The van der Waals surface area contributed by atoms with Crippen molar-refractivity contribution in [2.24, 2.45) is 5.16 Å². The average Bonchev–Trinajstić information content (AvgIpc) is 2.49. The summed E-state index contributed by atoms with van der Waals surface area (Å²) in [5, 5.41) is 31.7. The summed E-state index contributed by atoms with van der Waals surface area (Å²) in [6.07, 6.45) is 1.86. The molecule has 6 nitrogen and oxygen atoms in total. The molecular weight excluding hydrogens is 262 g/mol. The molecule has 0 fully saturated rings. The second-order valence-electron chi connectivity index (χ2n) is 4.67. The number of hydrogen-bond donors (Lipinski definition) is 3. The van der Waals surface area contributed by atoms with Gasteiger partial charge in [-0.15, -0.1) is 0 Å². The molecule has 0 spiro atoms. The minimum atomic E-state index is -0.506. The van der Waals surface area contributed by atoms with Gasteiger partial charge in [0.25, 0.3) is 0 Å². The molecule has 0 aromatic heterocycles. The van der Waals surface area contributed by atoms with E-state index in [2.05, 4.69) is 5.16 Å². The van der Waals surface area contributed by atoms with Gasteiger partial charge >= 0.3 is 0 Å². The average molecular weight is 281 g/mol. The summed E-state index contributed by atoms with van der Waals surface area (Å²) in [5.41, 5.74) is 0.823. The maximum absolute atomic E-state index is 10.3. The van der Waals surface area contributed by atoms with E-state index >= 15 is 0 Å². The van der Waals surface area contributed by atoms with Crippen LogP contribution in [0.1, 0.15) is 31.7 Å². The van der Waals surface area contributed by atoms with Gasteiger partial charge < -0.3 is 24.9 Å². The van der Waals surface area contributed by atoms with Gasteiger partial charge in [-0.2, -0.15) is 0 Å². The molecule has 1 atom stereocenters. The normalized spacial score (nSPS) is 18.1. The Hall–Kier alpha value is -1.95. The molecule has 1 unspecified atom stereocenters. The van der Waals surface area contributed by atoms with Crippen molar-refractivity contribution in [1.29, 1.82) is 0 Å². The van der Waals surface area contributed by atoms with Gasteiger partial charge in [0.1, 0.15) is 6.61 Å². The predicted molar refractivity (Wildman–Crippen MR) is 73.0 cm³/mol. The lowest BCUT2D eigenvalue weighted by atomic mass is 10.0. The number of phenolic OH excluding ortho intramolecular Hbond substituents is 1. The summed E-state index contributed by atoms with van der Waals surface area (Å²) in [4.78, 5) is 0. The highest BCUT2D eigenvalue weighted by Gasteiger charge is 2.26. The van der Waals surface area contributed by atoms with Gasteiger partial charge in [-0.3, -0.25) is 0 Å². The van der Waals surface area contributed by atoms with Crippen molar-refractivity contribution >= 4 is 5.71 Å². The maximum atomic E-state index is 10.3. The Morgan fingerprint density at radius 2 is 2.25 bits per heavy atom. The number of aliphatic hydroxyl groups is 1. The van der Waals surface area contributed by atoms with Crippen LogP contribution in [-0.4, -0.2) is 40.4 Å². The Morgan fingerprint density at radius 3 is 2.90 bits per heavy atom. The number of benzene rings is 1. The lowest BCUT2D eigenvalue weighted by Crippen LogP contribution is -2.32. The molecule has 1 aliphatic heterocycles. The zero-order valence-corrected chi connectivity index (χ0v) is 11.4. The number of nitrogens with zero attached hydrogens (tertiary/aromatic N) is 1. The molecule has 1 aliphatic rings. The number of fused-ring (bicyclic) bond motifs is 1. The summed E-state index contributed by atoms with van der Waals surface area (Å²) in [7, 11) is 0. The van der Waals surface area contributed by atoms with Crippen LogP contribution < -0.4 is 9.47 Å². The first-order valence-electron chi connectivity index (χ1n) is 6.68. The topological polar surface area (TPSA) is 91.5 Å². The van der Waals surface area contributed by atoms with Gasteiger partial charge in [0.05, 0.1) is 12.3 Å². The molecule has 6 heteroatoms. The summed E-state index contributed by atoms with van der Waals surface area (Å²) in [6.45, 7) is 2.07. The maximum Gasteiger partial charge on any atom is 0.204 e. The van der Waals surface area contributed by atoms with Gasteiger partial charge in [-0.05, 0) is 25.0 Å². The number of aromatic hydroxyl groups is 1. The van der Waals surface area contributed by atoms with E-state index in [1.807, 2.05) is 6.92 Å². The zero-order valence-electron chi connectivity index (χ0n) is 11.4. The second kappa shape index (κ2) is 6.47. The molecule has 2 rings (SSSR count). The zero-order chi connectivity index (χ0) is 14.5. The Morgan fingerprint density at radius 1 is 1.45 bits per heavy atom. The molecule has 1 aromatic carbocycles. The van der Waals surface area contributed by atoms with Crippen LogP contribution in [0.5, 0.6) is 17.2 Å². The minimum absolute atomic E-state index is 0.121. The first kappa shape index (κ1) is 14.5. The molecule has 20 heavy (non-hydrogen) atoms. The molecule has 0 bridgehead atoms. The molecule has 0 aliphatic carbocycles. The van der Waals surface area contributed by atoms with Crippen LogP contribution in [0.2, 0.25) is 0 Å². The third-order valence-electron chi connectivity index (χ3n) is 3.21. The first-order chi connectivity index (χ1) is 9.71. The van der Waals surface area contributed by atoms with Gasteiger partial charge in [0.15, 0.2) is 17.6 Å². The van der Waals surface area contributed by atoms with Crippen LogP contribution in [0.25, 0.3) is 0 Å². The fraction of sp³-hybridized carbons (Fsp3) is 0.500. The number of unbranched alkanes of at least 4 members (excludes halogenated alkanes) is 1. The van der Waals surface area contributed by atoms with Crippen LogP contribution in [0.3, 0.4) is 0 Å².